The van der Waals surface area contributed by atoms with Crippen LogP contribution in [0.25, 0.3) is 0 Å². The van der Waals surface area contributed by atoms with Gasteiger partial charge in [-0.2, -0.15) is 10.4 Å². The third kappa shape index (κ3) is 3.64. The predicted octanol–water partition coefficient (Wildman–Crippen LogP) is 1.34. The van der Waals surface area contributed by atoms with Gasteiger partial charge >= 0.3 is 0 Å². The molecule has 1 aromatic carbocycles. The minimum atomic E-state index is -0.268. The van der Waals surface area contributed by atoms with Gasteiger partial charge in [0, 0.05) is 6.07 Å². The molecule has 0 saturated heterocycles. The Morgan fingerprint density at radius 1 is 1.38 bits per heavy atom. The lowest BCUT2D eigenvalue weighted by atomic mass is 10.1. The summed E-state index contributed by atoms with van der Waals surface area (Å²) >= 11 is 0. The van der Waals surface area contributed by atoms with E-state index in [1.165, 1.54) is 16.6 Å². The Morgan fingerprint density at radius 2 is 2.25 bits per heavy atom. The molecule has 2 aromatic heterocycles. The summed E-state index contributed by atoms with van der Waals surface area (Å²) < 4.78 is 3.03. The second kappa shape index (κ2) is 6.75. The number of nitrogens with zero attached hydrogens (tertiary/aromatic N) is 6. The largest absolute Gasteiger partial charge is 0.309 e. The quantitative estimate of drug-likeness (QED) is 0.764. The number of rotatable bonds is 5. The third-order valence-electron chi connectivity index (χ3n) is 3.34. The van der Waals surface area contributed by atoms with Crippen molar-refractivity contribution in [2.75, 3.05) is 5.32 Å². The van der Waals surface area contributed by atoms with Crippen LogP contribution < -0.4 is 5.32 Å². The number of benzene rings is 1. The number of nitrogens with one attached hydrogen (secondary N) is 1. The number of amides is 1. The van der Waals surface area contributed by atoms with E-state index in [0.29, 0.717) is 12.4 Å². The standard InChI is InChI=1S/C16H15N7O/c1-12-3-2-4-13(7-12)9-23-15(5-6-19-23)20-16(24)10-22-11-18-14(8-17)21-22/h2-7,11H,9-10H2,1H3,(H,20,24). The molecule has 1 N–H and O–H groups in total. The average molecular weight is 321 g/mol. The molecule has 0 radical (unpaired) electrons. The van der Waals surface area contributed by atoms with Crippen LogP contribution in [0.5, 0.6) is 0 Å². The Bertz CT molecular complexity index is 903. The molecule has 120 valence electrons. The van der Waals surface area contributed by atoms with Gasteiger partial charge in [0.05, 0.1) is 12.7 Å². The smallest absolute Gasteiger partial charge is 0.252 e. The van der Waals surface area contributed by atoms with Crippen molar-refractivity contribution in [3.63, 3.8) is 0 Å². The molecule has 8 nitrogen and oxygen atoms in total. The summed E-state index contributed by atoms with van der Waals surface area (Å²) in [5, 5.41) is 19.6. The fourth-order valence-corrected chi connectivity index (χ4v) is 2.30. The molecular weight excluding hydrogens is 306 g/mol. The molecule has 0 unspecified atom stereocenters. The number of anilines is 1. The third-order valence-corrected chi connectivity index (χ3v) is 3.34. The number of aryl methyl sites for hydroxylation is 1. The summed E-state index contributed by atoms with van der Waals surface area (Å²) in [7, 11) is 0. The van der Waals surface area contributed by atoms with Crippen molar-refractivity contribution in [2.24, 2.45) is 0 Å². The molecule has 8 heteroatoms. The van der Waals surface area contributed by atoms with Crippen LogP contribution in [-0.4, -0.2) is 30.5 Å². The van der Waals surface area contributed by atoms with Crippen molar-refractivity contribution in [3.8, 4) is 6.07 Å². The van der Waals surface area contributed by atoms with Crippen molar-refractivity contribution in [1.29, 1.82) is 5.26 Å². The van der Waals surface area contributed by atoms with E-state index in [1.807, 2.05) is 31.2 Å². The number of aromatic nitrogens is 5. The highest BCUT2D eigenvalue weighted by molar-refractivity contribution is 5.89. The number of carbonyl (C=O) groups is 1. The Hall–Kier alpha value is -3.47. The molecule has 0 saturated carbocycles. The number of hydrogen-bond acceptors (Lipinski definition) is 5. The van der Waals surface area contributed by atoms with Crippen LogP contribution in [0.2, 0.25) is 0 Å². The molecule has 3 aromatic rings. The first-order valence-electron chi connectivity index (χ1n) is 7.31. The zero-order valence-electron chi connectivity index (χ0n) is 13.0. The van der Waals surface area contributed by atoms with Crippen molar-refractivity contribution >= 4 is 11.7 Å². The van der Waals surface area contributed by atoms with Crippen molar-refractivity contribution in [2.45, 2.75) is 20.0 Å². The highest BCUT2D eigenvalue weighted by Crippen LogP contribution is 2.11. The van der Waals surface area contributed by atoms with Gasteiger partial charge in [-0.15, -0.1) is 5.10 Å². The molecule has 3 rings (SSSR count). The Kier molecular flexibility index (Phi) is 4.34. The van der Waals surface area contributed by atoms with E-state index in [1.54, 1.807) is 16.9 Å². The van der Waals surface area contributed by atoms with Crippen LogP contribution in [0.4, 0.5) is 5.82 Å². The number of carbonyl (C=O) groups excluding carboxylic acids is 1. The molecule has 0 fully saturated rings. The molecule has 0 spiro atoms. The fourth-order valence-electron chi connectivity index (χ4n) is 2.30. The monoisotopic (exact) mass is 321 g/mol. The molecule has 2 heterocycles. The maximum Gasteiger partial charge on any atom is 0.252 e. The van der Waals surface area contributed by atoms with Crippen LogP contribution in [0.1, 0.15) is 17.0 Å². The Balaban J connectivity index is 1.66. The molecule has 0 bridgehead atoms. The zero-order chi connectivity index (χ0) is 16.9. The summed E-state index contributed by atoms with van der Waals surface area (Å²) in [6.45, 7) is 2.57. The van der Waals surface area contributed by atoms with E-state index in [9.17, 15) is 4.79 Å². The highest BCUT2D eigenvalue weighted by atomic mass is 16.2. The fraction of sp³-hybridized carbons (Fsp3) is 0.188. The van der Waals surface area contributed by atoms with Gasteiger partial charge in [-0.3, -0.25) is 4.79 Å². The summed E-state index contributed by atoms with van der Waals surface area (Å²) in [5.41, 5.74) is 2.27. The second-order valence-electron chi connectivity index (χ2n) is 5.29. The average Bonchev–Trinajstić information content (AvgIpc) is 3.17. The lowest BCUT2D eigenvalue weighted by molar-refractivity contribution is -0.117. The molecule has 0 atom stereocenters. The van der Waals surface area contributed by atoms with Gasteiger partial charge in [0.1, 0.15) is 24.8 Å². The Labute approximate surface area is 138 Å². The molecule has 0 aliphatic rings. The van der Waals surface area contributed by atoms with Gasteiger partial charge in [0.25, 0.3) is 5.82 Å². The maximum absolute atomic E-state index is 12.1. The van der Waals surface area contributed by atoms with E-state index in [2.05, 4.69) is 26.6 Å². The number of hydrogen-bond donors (Lipinski definition) is 1. The van der Waals surface area contributed by atoms with Gasteiger partial charge in [-0.25, -0.2) is 14.3 Å². The van der Waals surface area contributed by atoms with Gasteiger partial charge < -0.3 is 5.32 Å². The second-order valence-corrected chi connectivity index (χ2v) is 5.29. The van der Waals surface area contributed by atoms with Crippen LogP contribution in [0.15, 0.2) is 42.9 Å². The first kappa shape index (κ1) is 15.4. The van der Waals surface area contributed by atoms with Crippen molar-refractivity contribution in [3.05, 3.63) is 59.8 Å². The van der Waals surface area contributed by atoms with E-state index in [-0.39, 0.29) is 18.3 Å². The summed E-state index contributed by atoms with van der Waals surface area (Å²) in [4.78, 5) is 15.9. The van der Waals surface area contributed by atoms with Gasteiger partial charge in [0.2, 0.25) is 5.91 Å². The first-order valence-corrected chi connectivity index (χ1v) is 7.31. The van der Waals surface area contributed by atoms with E-state index in [4.69, 9.17) is 5.26 Å². The Morgan fingerprint density at radius 3 is 3.00 bits per heavy atom. The van der Waals surface area contributed by atoms with Crippen molar-refractivity contribution < 1.29 is 4.79 Å². The molecule has 24 heavy (non-hydrogen) atoms. The number of nitriles is 1. The van der Waals surface area contributed by atoms with Crippen molar-refractivity contribution in [1.82, 2.24) is 24.5 Å². The zero-order valence-corrected chi connectivity index (χ0v) is 13.0. The lowest BCUT2D eigenvalue weighted by Crippen LogP contribution is -2.21. The molecule has 1 amide bonds. The maximum atomic E-state index is 12.1. The van der Waals surface area contributed by atoms with E-state index >= 15 is 0 Å². The molecule has 0 aliphatic carbocycles. The molecular formula is C16H15N7O. The normalized spacial score (nSPS) is 10.3. The SMILES string of the molecule is Cc1cccc(Cn2nccc2NC(=O)Cn2cnc(C#N)n2)c1. The van der Waals surface area contributed by atoms with Gasteiger partial charge in [-0.1, -0.05) is 29.8 Å². The first-order chi connectivity index (χ1) is 11.6. The van der Waals surface area contributed by atoms with E-state index < -0.39 is 0 Å². The van der Waals surface area contributed by atoms with Crippen LogP contribution in [0.3, 0.4) is 0 Å². The van der Waals surface area contributed by atoms with Crippen LogP contribution in [0, 0.1) is 18.3 Å². The van der Waals surface area contributed by atoms with Crippen LogP contribution in [-0.2, 0) is 17.9 Å². The summed E-state index contributed by atoms with van der Waals surface area (Å²) in [6, 6.07) is 11.7. The van der Waals surface area contributed by atoms with Crippen LogP contribution >= 0.6 is 0 Å². The van der Waals surface area contributed by atoms with E-state index in [0.717, 1.165) is 5.56 Å². The lowest BCUT2D eigenvalue weighted by Gasteiger charge is -2.09. The summed E-state index contributed by atoms with van der Waals surface area (Å²) in [6.07, 6.45) is 2.98. The minimum Gasteiger partial charge on any atom is -0.309 e. The van der Waals surface area contributed by atoms with Gasteiger partial charge in [-0.05, 0) is 12.5 Å². The van der Waals surface area contributed by atoms with Gasteiger partial charge in [0.15, 0.2) is 0 Å². The predicted molar refractivity (Wildman–Crippen MR) is 85.9 cm³/mol. The summed E-state index contributed by atoms with van der Waals surface area (Å²) in [5.74, 6) is 0.366. The molecule has 0 aliphatic heterocycles. The highest BCUT2D eigenvalue weighted by Gasteiger charge is 2.10. The minimum absolute atomic E-state index is 0.0235. The topological polar surface area (TPSA) is 101 Å².